The van der Waals surface area contributed by atoms with E-state index in [1.165, 1.54) is 0 Å². The van der Waals surface area contributed by atoms with E-state index < -0.39 is 17.9 Å². The molecule has 0 aliphatic carbocycles. The van der Waals surface area contributed by atoms with E-state index in [0.717, 1.165) is 17.9 Å². The van der Waals surface area contributed by atoms with E-state index in [1.54, 1.807) is 16.7 Å². The largest absolute Gasteiger partial charge is 0.480 e. The first-order valence-electron chi connectivity index (χ1n) is 6.15. The topological polar surface area (TPSA) is 113 Å². The van der Waals surface area contributed by atoms with Gasteiger partial charge in [-0.1, -0.05) is 0 Å². The number of hydrogen-bond donors (Lipinski definition) is 3. The molecule has 7 nitrogen and oxygen atoms in total. The van der Waals surface area contributed by atoms with E-state index in [2.05, 4.69) is 5.32 Å². The van der Waals surface area contributed by atoms with Gasteiger partial charge in [0, 0.05) is 25.3 Å². The minimum absolute atomic E-state index is 0.0129. The highest BCUT2D eigenvalue weighted by Crippen LogP contribution is 2.10. The van der Waals surface area contributed by atoms with Crippen molar-refractivity contribution in [2.45, 2.75) is 25.3 Å². The number of aliphatic carboxylic acids is 1. The van der Waals surface area contributed by atoms with Gasteiger partial charge in [0.15, 0.2) is 0 Å². The van der Waals surface area contributed by atoms with E-state index in [-0.39, 0.29) is 18.9 Å². The van der Waals surface area contributed by atoms with Crippen LogP contribution in [0.15, 0.2) is 0 Å². The molecule has 0 unspecified atom stereocenters. The van der Waals surface area contributed by atoms with Crippen LogP contribution in [0.3, 0.4) is 0 Å². The molecule has 1 aliphatic heterocycles. The quantitative estimate of drug-likeness (QED) is 0.651. The molecule has 0 bridgehead atoms. The number of urea groups is 1. The first kappa shape index (κ1) is 15.6. The van der Waals surface area contributed by atoms with Gasteiger partial charge in [-0.15, -0.1) is 0 Å². The Kier molecular flexibility index (Phi) is 6.48. The van der Waals surface area contributed by atoms with Crippen molar-refractivity contribution in [2.75, 3.05) is 24.6 Å². The lowest BCUT2D eigenvalue weighted by Gasteiger charge is -2.23. The van der Waals surface area contributed by atoms with Crippen molar-refractivity contribution in [3.8, 4) is 0 Å². The second kappa shape index (κ2) is 7.88. The standard InChI is InChI=1S/C11H19N3O4S/c12-9(15)3-2-8(10(16)17)13-11(18)14-4-1-6-19-7-5-14/h8H,1-7H2,(H2,12,15)(H,13,18)(H,16,17)/t8-/m0/s1. The highest BCUT2D eigenvalue weighted by molar-refractivity contribution is 7.99. The number of carbonyl (C=O) groups is 3. The van der Waals surface area contributed by atoms with E-state index in [0.29, 0.717) is 13.1 Å². The number of thioether (sulfide) groups is 1. The molecule has 0 aromatic rings. The Morgan fingerprint density at radius 2 is 2.05 bits per heavy atom. The van der Waals surface area contributed by atoms with Crippen LogP contribution in [-0.4, -0.2) is 58.6 Å². The van der Waals surface area contributed by atoms with E-state index >= 15 is 0 Å². The number of carbonyl (C=O) groups excluding carboxylic acids is 2. The summed E-state index contributed by atoms with van der Waals surface area (Å²) in [4.78, 5) is 35.2. The number of nitrogens with one attached hydrogen (secondary N) is 1. The predicted molar refractivity (Wildman–Crippen MR) is 71.9 cm³/mol. The van der Waals surface area contributed by atoms with Crippen molar-refractivity contribution < 1.29 is 19.5 Å². The van der Waals surface area contributed by atoms with Gasteiger partial charge in [-0.2, -0.15) is 11.8 Å². The van der Waals surface area contributed by atoms with Crippen LogP contribution in [0.1, 0.15) is 19.3 Å². The van der Waals surface area contributed by atoms with Crippen LogP contribution < -0.4 is 11.1 Å². The molecule has 0 spiro atoms. The molecule has 1 fully saturated rings. The number of primary amides is 1. The van der Waals surface area contributed by atoms with Crippen LogP contribution in [0.25, 0.3) is 0 Å². The number of rotatable bonds is 5. The third-order valence-electron chi connectivity index (χ3n) is 2.78. The molecule has 1 saturated heterocycles. The lowest BCUT2D eigenvalue weighted by atomic mass is 10.1. The summed E-state index contributed by atoms with van der Waals surface area (Å²) in [5.74, 6) is 0.130. The van der Waals surface area contributed by atoms with Crippen molar-refractivity contribution in [3.05, 3.63) is 0 Å². The highest BCUT2D eigenvalue weighted by Gasteiger charge is 2.23. The van der Waals surface area contributed by atoms with Crippen molar-refractivity contribution in [1.29, 1.82) is 0 Å². The monoisotopic (exact) mass is 289 g/mol. The van der Waals surface area contributed by atoms with Gasteiger partial charge in [-0.05, 0) is 18.6 Å². The third kappa shape index (κ3) is 5.82. The molecule has 1 rings (SSSR count). The summed E-state index contributed by atoms with van der Waals surface area (Å²) >= 11 is 1.78. The number of carboxylic acid groups (broad SMARTS) is 1. The van der Waals surface area contributed by atoms with Gasteiger partial charge in [0.1, 0.15) is 6.04 Å². The average Bonchev–Trinajstić information content (AvgIpc) is 2.62. The van der Waals surface area contributed by atoms with Crippen LogP contribution in [-0.2, 0) is 9.59 Å². The summed E-state index contributed by atoms with van der Waals surface area (Å²) in [5.41, 5.74) is 4.98. The molecule has 3 amide bonds. The molecule has 0 radical (unpaired) electrons. The van der Waals surface area contributed by atoms with Gasteiger partial charge in [-0.3, -0.25) is 4.79 Å². The Bertz CT molecular complexity index is 343. The van der Waals surface area contributed by atoms with Crippen LogP contribution in [0.4, 0.5) is 4.79 Å². The SMILES string of the molecule is NC(=O)CC[C@H](NC(=O)N1CCCSCC1)C(=O)O. The maximum Gasteiger partial charge on any atom is 0.326 e. The molecule has 4 N–H and O–H groups in total. The lowest BCUT2D eigenvalue weighted by molar-refractivity contribution is -0.139. The smallest absolute Gasteiger partial charge is 0.326 e. The van der Waals surface area contributed by atoms with E-state index in [9.17, 15) is 14.4 Å². The molecule has 1 heterocycles. The van der Waals surface area contributed by atoms with E-state index in [4.69, 9.17) is 10.8 Å². The van der Waals surface area contributed by atoms with Gasteiger partial charge in [0.05, 0.1) is 0 Å². The molecule has 1 aliphatic rings. The Hall–Kier alpha value is -1.44. The number of carboxylic acids is 1. The zero-order valence-corrected chi connectivity index (χ0v) is 11.4. The summed E-state index contributed by atoms with van der Waals surface area (Å²) in [5, 5.41) is 11.4. The molecule has 1 atom stereocenters. The second-order valence-corrected chi connectivity index (χ2v) is 5.52. The van der Waals surface area contributed by atoms with Gasteiger partial charge < -0.3 is 21.1 Å². The number of nitrogens with two attached hydrogens (primary N) is 1. The Morgan fingerprint density at radius 1 is 1.32 bits per heavy atom. The maximum atomic E-state index is 11.9. The lowest BCUT2D eigenvalue weighted by Crippen LogP contribution is -2.48. The Morgan fingerprint density at radius 3 is 2.68 bits per heavy atom. The second-order valence-electron chi connectivity index (χ2n) is 4.30. The molecule has 8 heteroatoms. The molecule has 0 aromatic carbocycles. The Balaban J connectivity index is 2.49. The normalized spacial score (nSPS) is 17.4. The van der Waals surface area contributed by atoms with Gasteiger partial charge in [-0.25, -0.2) is 9.59 Å². The number of nitrogens with zero attached hydrogens (tertiary/aromatic N) is 1. The molecular formula is C11H19N3O4S. The molecular weight excluding hydrogens is 270 g/mol. The van der Waals surface area contributed by atoms with Gasteiger partial charge >= 0.3 is 12.0 Å². The molecule has 0 saturated carbocycles. The molecule has 108 valence electrons. The molecule has 0 aromatic heterocycles. The van der Waals surface area contributed by atoms with Crippen molar-refractivity contribution in [1.82, 2.24) is 10.2 Å². The van der Waals surface area contributed by atoms with Crippen LogP contribution in [0, 0.1) is 0 Å². The van der Waals surface area contributed by atoms with Crippen molar-refractivity contribution in [2.24, 2.45) is 5.73 Å². The van der Waals surface area contributed by atoms with Gasteiger partial charge in [0.2, 0.25) is 5.91 Å². The summed E-state index contributed by atoms with van der Waals surface area (Å²) in [6.07, 6.45) is 0.850. The molecule has 19 heavy (non-hydrogen) atoms. The summed E-state index contributed by atoms with van der Waals surface area (Å²) < 4.78 is 0. The zero-order chi connectivity index (χ0) is 14.3. The third-order valence-corrected chi connectivity index (χ3v) is 3.83. The first-order chi connectivity index (χ1) is 9.00. The maximum absolute atomic E-state index is 11.9. The fraction of sp³-hybridized carbons (Fsp3) is 0.727. The first-order valence-corrected chi connectivity index (χ1v) is 7.30. The number of amides is 3. The van der Waals surface area contributed by atoms with Crippen LogP contribution in [0.5, 0.6) is 0 Å². The zero-order valence-electron chi connectivity index (χ0n) is 10.6. The minimum atomic E-state index is -1.15. The fourth-order valence-electron chi connectivity index (χ4n) is 1.73. The Labute approximate surface area is 115 Å². The summed E-state index contributed by atoms with van der Waals surface area (Å²) in [6.45, 7) is 1.24. The van der Waals surface area contributed by atoms with E-state index in [1.807, 2.05) is 0 Å². The summed E-state index contributed by atoms with van der Waals surface area (Å²) in [7, 11) is 0. The predicted octanol–water partition coefficient (Wildman–Crippen LogP) is -0.146. The highest BCUT2D eigenvalue weighted by atomic mass is 32.2. The van der Waals surface area contributed by atoms with Crippen LogP contribution >= 0.6 is 11.8 Å². The van der Waals surface area contributed by atoms with Crippen LogP contribution in [0.2, 0.25) is 0 Å². The summed E-state index contributed by atoms with van der Waals surface area (Å²) in [6, 6.07) is -1.46. The van der Waals surface area contributed by atoms with Crippen molar-refractivity contribution in [3.63, 3.8) is 0 Å². The minimum Gasteiger partial charge on any atom is -0.480 e. The van der Waals surface area contributed by atoms with Gasteiger partial charge in [0.25, 0.3) is 0 Å². The number of hydrogen-bond acceptors (Lipinski definition) is 4. The average molecular weight is 289 g/mol. The van der Waals surface area contributed by atoms with Crippen molar-refractivity contribution >= 4 is 29.7 Å². The fourth-order valence-corrected chi connectivity index (χ4v) is 2.62.